The number of halogens is 1. The molecule has 0 aliphatic heterocycles. The molecule has 7 rings (SSSR count). The summed E-state index contributed by atoms with van der Waals surface area (Å²) in [6, 6.07) is 30.8. The Morgan fingerprint density at radius 2 is 1.27 bits per heavy atom. The molecule has 0 N–H and O–H groups in total. The molecule has 0 saturated heterocycles. The number of fused-ring (bicyclic) bond motifs is 2. The zero-order chi connectivity index (χ0) is 33.5. The molecule has 0 spiro atoms. The summed E-state index contributed by atoms with van der Waals surface area (Å²) in [7, 11) is 3.22. The molecule has 0 amide bonds. The molecule has 0 aliphatic rings. The third-order valence-corrected chi connectivity index (χ3v) is 8.15. The number of benzene rings is 3. The molecule has 11 heteroatoms. The van der Waals surface area contributed by atoms with Gasteiger partial charge in [-0.05, 0) is 60.5 Å². The highest BCUT2D eigenvalue weighted by Crippen LogP contribution is 2.29. The summed E-state index contributed by atoms with van der Waals surface area (Å²) in [4.78, 5) is 20.9. The number of hydrogen-bond donors (Lipinski definition) is 0. The number of nitrogens with zero attached hydrogens (tertiary/aromatic N) is 6. The van der Waals surface area contributed by atoms with Gasteiger partial charge in [0.2, 0.25) is 11.8 Å². The fourth-order valence-electron chi connectivity index (χ4n) is 5.24. The van der Waals surface area contributed by atoms with E-state index < -0.39 is 0 Å². The maximum atomic E-state index is 12.1. The predicted molar refractivity (Wildman–Crippen MR) is 188 cm³/mol. The molecule has 4 heterocycles. The Morgan fingerprint density at radius 3 is 1.88 bits per heavy atom. The topological polar surface area (TPSA) is 106 Å². The lowest BCUT2D eigenvalue weighted by Gasteiger charge is -2.06. The minimum absolute atomic E-state index is 0.318. The number of esters is 1. The monoisotopic (exact) mass is 704 g/mol. The van der Waals surface area contributed by atoms with E-state index in [1.165, 1.54) is 0 Å². The van der Waals surface area contributed by atoms with Crippen LogP contribution in [0.25, 0.3) is 32.9 Å². The van der Waals surface area contributed by atoms with Crippen molar-refractivity contribution in [2.24, 2.45) is 0 Å². The number of carbonyl (C=O) groups is 1. The summed E-state index contributed by atoms with van der Waals surface area (Å²) in [5.74, 6) is 0.882. The van der Waals surface area contributed by atoms with Crippen molar-refractivity contribution in [3.8, 4) is 22.9 Å². The molecule has 48 heavy (non-hydrogen) atoms. The number of ether oxygens (including phenoxy) is 3. The molecule has 3 aromatic carbocycles. The van der Waals surface area contributed by atoms with Crippen LogP contribution in [0.15, 0.2) is 114 Å². The molecule has 0 atom stereocenters. The molecular weight excluding hydrogens is 672 g/mol. The van der Waals surface area contributed by atoms with Crippen molar-refractivity contribution < 1.29 is 19.0 Å². The van der Waals surface area contributed by atoms with Crippen LogP contribution in [-0.4, -0.2) is 56.3 Å². The highest BCUT2D eigenvalue weighted by molar-refractivity contribution is 9.10. The normalized spacial score (nSPS) is 10.8. The highest BCUT2D eigenvalue weighted by Gasteiger charge is 2.12. The SMILES string of the molecule is CCOC(=O)c1cccc(-c2cccc3nn(Cc4cccc(OC)n4)cc23)c1.COc1cccc(Cn2cc3c(Br)cccc3n2)n1. The lowest BCUT2D eigenvalue weighted by molar-refractivity contribution is 0.0526. The van der Waals surface area contributed by atoms with Gasteiger partial charge < -0.3 is 14.2 Å². The quantitative estimate of drug-likeness (QED) is 0.142. The number of carbonyl (C=O) groups excluding carboxylic acids is 1. The second kappa shape index (κ2) is 14.9. The van der Waals surface area contributed by atoms with Gasteiger partial charge in [-0.1, -0.05) is 58.4 Å². The Bertz CT molecular complexity index is 2190. The van der Waals surface area contributed by atoms with Gasteiger partial charge in [0, 0.05) is 39.8 Å². The fraction of sp³-hybridized carbons (Fsp3) is 0.162. The Hall–Kier alpha value is -5.55. The van der Waals surface area contributed by atoms with Crippen molar-refractivity contribution in [1.29, 1.82) is 0 Å². The Labute approximate surface area is 286 Å². The average Bonchev–Trinajstić information content (AvgIpc) is 3.73. The summed E-state index contributed by atoms with van der Waals surface area (Å²) in [6.07, 6.45) is 4.02. The van der Waals surface area contributed by atoms with E-state index in [4.69, 9.17) is 14.2 Å². The van der Waals surface area contributed by atoms with Crippen molar-refractivity contribution in [2.75, 3.05) is 20.8 Å². The van der Waals surface area contributed by atoms with Crippen LogP contribution in [0, 0.1) is 0 Å². The van der Waals surface area contributed by atoms with E-state index in [1.807, 2.05) is 113 Å². The van der Waals surface area contributed by atoms with E-state index in [-0.39, 0.29) is 5.97 Å². The number of rotatable bonds is 9. The molecule has 10 nitrogen and oxygen atoms in total. The van der Waals surface area contributed by atoms with Crippen molar-refractivity contribution in [3.05, 3.63) is 131 Å². The van der Waals surface area contributed by atoms with Gasteiger partial charge in [-0.25, -0.2) is 14.8 Å². The molecule has 0 bridgehead atoms. The first-order chi connectivity index (χ1) is 23.4. The van der Waals surface area contributed by atoms with Gasteiger partial charge in [0.15, 0.2) is 0 Å². The number of methoxy groups -OCH3 is 2. The largest absolute Gasteiger partial charge is 0.481 e. The molecule has 0 saturated carbocycles. The first kappa shape index (κ1) is 32.4. The number of hydrogen-bond acceptors (Lipinski definition) is 8. The third-order valence-electron chi connectivity index (χ3n) is 7.46. The lowest BCUT2D eigenvalue weighted by atomic mass is 10.00. The van der Waals surface area contributed by atoms with Crippen molar-refractivity contribution in [2.45, 2.75) is 20.0 Å². The molecule has 0 radical (unpaired) electrons. The minimum Gasteiger partial charge on any atom is -0.481 e. The second-order valence-electron chi connectivity index (χ2n) is 10.7. The van der Waals surface area contributed by atoms with E-state index in [0.29, 0.717) is 37.0 Å². The standard InChI is InChI=1S/C23H21N3O3.C14H12BrN3O/c1-3-29-23(27)17-8-4-7-16(13-17)19-10-6-11-21-20(19)15-26(25-21)14-18-9-5-12-22(24-18)28-2;1-19-14-7-2-4-10(16-14)8-18-9-11-12(15)5-3-6-13(11)17-18/h4-13,15H,3,14H2,1-2H3;2-7,9H,8H2,1H3. The van der Waals surface area contributed by atoms with Crippen LogP contribution in [0.1, 0.15) is 28.7 Å². The average molecular weight is 706 g/mol. The lowest BCUT2D eigenvalue weighted by Crippen LogP contribution is -2.04. The van der Waals surface area contributed by atoms with E-state index >= 15 is 0 Å². The number of pyridine rings is 2. The summed E-state index contributed by atoms with van der Waals surface area (Å²) in [5.41, 5.74) is 6.13. The minimum atomic E-state index is -0.318. The molecule has 242 valence electrons. The maximum absolute atomic E-state index is 12.1. The van der Waals surface area contributed by atoms with E-state index in [9.17, 15) is 4.79 Å². The van der Waals surface area contributed by atoms with Crippen LogP contribution in [0.3, 0.4) is 0 Å². The van der Waals surface area contributed by atoms with Crippen molar-refractivity contribution >= 4 is 43.7 Å². The van der Waals surface area contributed by atoms with E-state index in [2.05, 4.69) is 36.1 Å². The Morgan fingerprint density at radius 1 is 0.708 bits per heavy atom. The van der Waals surface area contributed by atoms with Crippen molar-refractivity contribution in [1.82, 2.24) is 29.5 Å². The molecule has 0 fully saturated rings. The van der Waals surface area contributed by atoms with Crippen LogP contribution in [0.2, 0.25) is 0 Å². The molecule has 7 aromatic rings. The zero-order valence-corrected chi connectivity index (χ0v) is 28.3. The molecule has 4 aromatic heterocycles. The molecule has 0 aliphatic carbocycles. The summed E-state index contributed by atoms with van der Waals surface area (Å²) >= 11 is 3.53. The second-order valence-corrected chi connectivity index (χ2v) is 11.6. The van der Waals surface area contributed by atoms with Crippen LogP contribution < -0.4 is 9.47 Å². The van der Waals surface area contributed by atoms with Gasteiger partial charge in [0.1, 0.15) is 0 Å². The zero-order valence-electron chi connectivity index (χ0n) is 26.7. The Kier molecular flexibility index (Phi) is 10.1. The Balaban J connectivity index is 0.000000182. The highest BCUT2D eigenvalue weighted by atomic mass is 79.9. The summed E-state index contributed by atoms with van der Waals surface area (Å²) in [5, 5.41) is 11.3. The van der Waals surface area contributed by atoms with Crippen LogP contribution in [0.5, 0.6) is 11.8 Å². The molecule has 0 unspecified atom stereocenters. The summed E-state index contributed by atoms with van der Waals surface area (Å²) < 4.78 is 20.2. The summed E-state index contributed by atoms with van der Waals surface area (Å²) in [6.45, 7) is 3.31. The fourth-order valence-corrected chi connectivity index (χ4v) is 5.70. The van der Waals surface area contributed by atoms with Gasteiger partial charge in [0.05, 0.1) is 61.9 Å². The predicted octanol–water partition coefficient (Wildman–Crippen LogP) is 7.58. The van der Waals surface area contributed by atoms with Crippen LogP contribution >= 0.6 is 15.9 Å². The molecular formula is C37H33BrN6O4. The van der Waals surface area contributed by atoms with Crippen LogP contribution in [0.4, 0.5) is 0 Å². The van der Waals surface area contributed by atoms with Gasteiger partial charge in [-0.2, -0.15) is 10.2 Å². The first-order valence-electron chi connectivity index (χ1n) is 15.3. The number of aromatic nitrogens is 6. The van der Waals surface area contributed by atoms with Gasteiger partial charge in [0.25, 0.3) is 0 Å². The maximum Gasteiger partial charge on any atom is 0.338 e. The van der Waals surface area contributed by atoms with Crippen molar-refractivity contribution in [3.63, 3.8) is 0 Å². The van der Waals surface area contributed by atoms with Gasteiger partial charge in [-0.3, -0.25) is 9.36 Å². The smallest absolute Gasteiger partial charge is 0.338 e. The van der Waals surface area contributed by atoms with Gasteiger partial charge >= 0.3 is 5.97 Å². The van der Waals surface area contributed by atoms with Gasteiger partial charge in [-0.15, -0.1) is 0 Å². The van der Waals surface area contributed by atoms with Crippen LogP contribution in [-0.2, 0) is 17.8 Å². The first-order valence-corrected chi connectivity index (χ1v) is 16.1. The van der Waals surface area contributed by atoms with E-state index in [1.54, 1.807) is 27.2 Å². The third kappa shape index (κ3) is 7.53. The van der Waals surface area contributed by atoms with E-state index in [0.717, 1.165) is 48.8 Å².